The first-order valence-electron chi connectivity index (χ1n) is 12.1. The van der Waals surface area contributed by atoms with Crippen molar-refractivity contribution in [3.05, 3.63) is 39.5 Å². The molecule has 3 fully saturated rings. The summed E-state index contributed by atoms with van der Waals surface area (Å²) in [6.45, 7) is 6.42. The molecular formula is C26H33BrClN3O. The molecule has 2 aromatic rings. The predicted molar refractivity (Wildman–Crippen MR) is 133 cm³/mol. The van der Waals surface area contributed by atoms with Crippen LogP contribution in [0.1, 0.15) is 74.0 Å². The van der Waals surface area contributed by atoms with Crippen molar-refractivity contribution >= 4 is 33.4 Å². The van der Waals surface area contributed by atoms with E-state index in [4.69, 9.17) is 16.7 Å². The van der Waals surface area contributed by atoms with E-state index in [1.54, 1.807) is 0 Å². The van der Waals surface area contributed by atoms with E-state index in [2.05, 4.69) is 58.0 Å². The molecule has 3 saturated carbocycles. The minimum atomic E-state index is -0.00752. The average Bonchev–Trinajstić information content (AvgIpc) is 3.32. The number of hydrogen-bond donors (Lipinski definition) is 1. The minimum absolute atomic E-state index is 0.00752. The molecule has 1 amide bonds. The monoisotopic (exact) mass is 517 g/mol. The summed E-state index contributed by atoms with van der Waals surface area (Å²) in [5, 5.41) is 8.11. The van der Waals surface area contributed by atoms with Gasteiger partial charge in [-0.3, -0.25) is 9.48 Å². The summed E-state index contributed by atoms with van der Waals surface area (Å²) in [7, 11) is 0. The van der Waals surface area contributed by atoms with Crippen molar-refractivity contribution in [2.75, 3.05) is 12.4 Å². The van der Waals surface area contributed by atoms with Crippen molar-refractivity contribution in [1.29, 1.82) is 0 Å². The van der Waals surface area contributed by atoms with Gasteiger partial charge in [0, 0.05) is 41.0 Å². The first kappa shape index (κ1) is 22.5. The molecule has 4 aliphatic carbocycles. The Morgan fingerprint density at radius 1 is 1.28 bits per heavy atom. The Labute approximate surface area is 204 Å². The third kappa shape index (κ3) is 3.83. The largest absolute Gasteiger partial charge is 0.350 e. The van der Waals surface area contributed by atoms with Crippen molar-refractivity contribution in [3.8, 4) is 11.3 Å². The van der Waals surface area contributed by atoms with Gasteiger partial charge in [0.05, 0.1) is 5.69 Å². The van der Waals surface area contributed by atoms with Gasteiger partial charge in [0.25, 0.3) is 5.91 Å². The lowest BCUT2D eigenvalue weighted by Gasteiger charge is -2.60. The molecule has 6 rings (SSSR count). The zero-order valence-electron chi connectivity index (χ0n) is 19.1. The van der Waals surface area contributed by atoms with Crippen LogP contribution < -0.4 is 5.32 Å². The van der Waals surface area contributed by atoms with E-state index in [1.807, 2.05) is 0 Å². The number of alkyl halides is 1. The lowest BCUT2D eigenvalue weighted by atomic mass is 9.45. The predicted octanol–water partition coefficient (Wildman–Crippen LogP) is 6.43. The highest BCUT2D eigenvalue weighted by molar-refractivity contribution is 9.10. The van der Waals surface area contributed by atoms with Gasteiger partial charge in [0.2, 0.25) is 0 Å². The Morgan fingerprint density at radius 2 is 2.12 bits per heavy atom. The van der Waals surface area contributed by atoms with Gasteiger partial charge in [0.1, 0.15) is 0 Å². The van der Waals surface area contributed by atoms with Crippen LogP contribution in [-0.4, -0.2) is 28.1 Å². The fraction of sp³-hybridized carbons (Fsp3) is 0.615. The Kier molecular flexibility index (Phi) is 6.17. The molecule has 0 spiro atoms. The molecule has 4 aliphatic rings. The molecule has 6 heteroatoms. The number of benzene rings is 1. The highest BCUT2D eigenvalue weighted by atomic mass is 79.9. The number of unbranched alkanes of at least 4 members (excludes halogenated alkanes) is 2. The fourth-order valence-electron chi connectivity index (χ4n) is 6.49. The smallest absolute Gasteiger partial charge is 0.272 e. The number of halogens is 2. The van der Waals surface area contributed by atoms with E-state index in [0.717, 1.165) is 66.3 Å². The van der Waals surface area contributed by atoms with E-state index in [1.165, 1.54) is 30.4 Å². The van der Waals surface area contributed by atoms with E-state index >= 15 is 0 Å². The van der Waals surface area contributed by atoms with Gasteiger partial charge in [-0.25, -0.2) is 0 Å². The molecule has 172 valence electrons. The Bertz CT molecular complexity index is 1030. The van der Waals surface area contributed by atoms with Gasteiger partial charge >= 0.3 is 0 Å². The molecule has 0 saturated heterocycles. The van der Waals surface area contributed by atoms with Crippen LogP contribution in [0.5, 0.6) is 0 Å². The van der Waals surface area contributed by atoms with Crippen molar-refractivity contribution in [2.24, 2.45) is 23.2 Å². The summed E-state index contributed by atoms with van der Waals surface area (Å²) in [5.74, 6) is 2.91. The molecule has 1 aromatic carbocycles. The third-order valence-electron chi connectivity index (χ3n) is 8.48. The maximum Gasteiger partial charge on any atom is 0.272 e. The zero-order chi connectivity index (χ0) is 22.5. The van der Waals surface area contributed by atoms with Crippen LogP contribution in [0.15, 0.2) is 22.7 Å². The fourth-order valence-corrected chi connectivity index (χ4v) is 7.09. The molecule has 1 aromatic heterocycles. The third-order valence-corrected chi connectivity index (χ3v) is 9.25. The summed E-state index contributed by atoms with van der Waals surface area (Å²) in [4.78, 5) is 13.3. The highest BCUT2D eigenvalue weighted by Crippen LogP contribution is 2.61. The van der Waals surface area contributed by atoms with Crippen LogP contribution in [-0.2, 0) is 13.0 Å². The number of rotatable bonds is 8. The minimum Gasteiger partial charge on any atom is -0.350 e. The zero-order valence-corrected chi connectivity index (χ0v) is 21.4. The number of amides is 1. The van der Waals surface area contributed by atoms with Gasteiger partial charge in [0.15, 0.2) is 5.69 Å². The molecule has 3 atom stereocenters. The average molecular weight is 519 g/mol. The van der Waals surface area contributed by atoms with Gasteiger partial charge in [-0.05, 0) is 73.0 Å². The van der Waals surface area contributed by atoms with Crippen LogP contribution in [0.4, 0.5) is 0 Å². The number of nitrogens with zero attached hydrogens (tertiary/aromatic N) is 2. The number of hydrogen-bond acceptors (Lipinski definition) is 2. The van der Waals surface area contributed by atoms with Crippen LogP contribution in [0, 0.1) is 23.2 Å². The number of carbonyl (C=O) groups is 1. The highest BCUT2D eigenvalue weighted by Gasteiger charge is 2.54. The Morgan fingerprint density at radius 3 is 2.88 bits per heavy atom. The van der Waals surface area contributed by atoms with Gasteiger partial charge in [-0.15, -0.1) is 11.6 Å². The molecule has 32 heavy (non-hydrogen) atoms. The van der Waals surface area contributed by atoms with Crippen molar-refractivity contribution in [3.63, 3.8) is 0 Å². The lowest BCUT2D eigenvalue weighted by molar-refractivity contribution is -0.103. The molecule has 1 N–H and O–H groups in total. The van der Waals surface area contributed by atoms with Gasteiger partial charge in [-0.1, -0.05) is 42.3 Å². The van der Waals surface area contributed by atoms with Gasteiger partial charge < -0.3 is 5.32 Å². The number of fused-ring (bicyclic) bond motifs is 5. The molecule has 1 heterocycles. The van der Waals surface area contributed by atoms with E-state index in [9.17, 15) is 4.79 Å². The number of carbonyl (C=O) groups excluding carboxylic acids is 1. The number of aromatic nitrogens is 2. The quantitative estimate of drug-likeness (QED) is 0.276. The second-order valence-corrected chi connectivity index (χ2v) is 11.8. The topological polar surface area (TPSA) is 46.9 Å². The summed E-state index contributed by atoms with van der Waals surface area (Å²) in [6.07, 6.45) is 7.77. The van der Waals surface area contributed by atoms with E-state index in [-0.39, 0.29) is 5.91 Å². The van der Waals surface area contributed by atoms with Crippen molar-refractivity contribution in [1.82, 2.24) is 15.1 Å². The Hall–Kier alpha value is -1.33. The number of aryl methyl sites for hydroxylation is 1. The summed E-state index contributed by atoms with van der Waals surface area (Å²) in [5.41, 5.74) is 5.75. The Balaban J connectivity index is 1.35. The molecule has 0 aliphatic heterocycles. The van der Waals surface area contributed by atoms with Crippen molar-refractivity contribution < 1.29 is 4.79 Å². The molecule has 0 radical (unpaired) electrons. The first-order chi connectivity index (χ1) is 15.4. The SMILES string of the molecule is CC1(C)C2CCC(CNC(=O)c3nn(CCCCCCl)c4c3Cc3cc(Br)ccc3-4)C1C2. The second-order valence-electron chi connectivity index (χ2n) is 10.5. The maximum absolute atomic E-state index is 13.3. The van der Waals surface area contributed by atoms with E-state index < -0.39 is 0 Å². The van der Waals surface area contributed by atoms with Crippen LogP contribution in [0.2, 0.25) is 0 Å². The van der Waals surface area contributed by atoms with Crippen LogP contribution in [0.25, 0.3) is 11.3 Å². The summed E-state index contributed by atoms with van der Waals surface area (Å²) >= 11 is 9.45. The summed E-state index contributed by atoms with van der Waals surface area (Å²) in [6, 6.07) is 6.40. The maximum atomic E-state index is 13.3. The lowest BCUT2D eigenvalue weighted by Crippen LogP contribution is -2.54. The first-order valence-corrected chi connectivity index (χ1v) is 13.5. The molecule has 2 bridgehead atoms. The normalized spacial score (nSPS) is 24.6. The van der Waals surface area contributed by atoms with Crippen LogP contribution >= 0.6 is 27.5 Å². The van der Waals surface area contributed by atoms with Crippen LogP contribution in [0.3, 0.4) is 0 Å². The van der Waals surface area contributed by atoms with E-state index in [0.29, 0.717) is 22.9 Å². The van der Waals surface area contributed by atoms with Gasteiger partial charge in [-0.2, -0.15) is 5.10 Å². The second kappa shape index (κ2) is 8.79. The van der Waals surface area contributed by atoms with Crippen molar-refractivity contribution in [2.45, 2.75) is 65.3 Å². The standard InChI is InChI=1S/C26H33BrClN3O/c1-26(2)18-7-6-16(22(26)14-18)15-29-25(32)23-21-13-17-12-19(27)8-9-20(17)24(21)31(30-23)11-5-3-4-10-28/h8-9,12,16,18,22H,3-7,10-11,13-15H2,1-2H3,(H,29,32). The molecule has 3 unspecified atom stereocenters. The molecular weight excluding hydrogens is 486 g/mol. The summed E-state index contributed by atoms with van der Waals surface area (Å²) < 4.78 is 3.14. The molecule has 4 nitrogen and oxygen atoms in total. The number of nitrogens with one attached hydrogen (secondary N) is 1.